The lowest BCUT2D eigenvalue weighted by Gasteiger charge is -2.23. The number of carbonyl (C=O) groups is 2. The molecule has 0 spiro atoms. The van der Waals surface area contributed by atoms with E-state index in [2.05, 4.69) is 36.0 Å². The molecular weight excluding hydrogens is 1010 g/mol. The number of methoxy groups -OCH3 is 2. The van der Waals surface area contributed by atoms with Gasteiger partial charge in [0.25, 0.3) is 5.91 Å². The molecule has 2 aliphatic heterocycles. The summed E-state index contributed by atoms with van der Waals surface area (Å²) in [6, 6.07) is 32.8. The fourth-order valence-electron chi connectivity index (χ4n) is 8.74. The number of amides is 1. The highest BCUT2D eigenvalue weighted by Crippen LogP contribution is 2.41. The second-order valence-corrected chi connectivity index (χ2v) is 18.3. The number of unbranched alkanes of at least 4 members (excludes halogenated alkanes) is 1. The number of fused-ring (bicyclic) bond motifs is 2. The van der Waals surface area contributed by atoms with Gasteiger partial charge in [0.05, 0.1) is 68.5 Å². The van der Waals surface area contributed by atoms with Crippen molar-refractivity contribution in [3.05, 3.63) is 132 Å². The Bertz CT molecular complexity index is 3450. The van der Waals surface area contributed by atoms with Crippen LogP contribution in [0.25, 0.3) is 67.1 Å². The van der Waals surface area contributed by atoms with Gasteiger partial charge in [-0.1, -0.05) is 38.8 Å². The lowest BCUT2D eigenvalue weighted by Crippen LogP contribution is -2.26. The van der Waals surface area contributed by atoms with E-state index in [4.69, 9.17) is 37.3 Å². The number of furan rings is 2. The first-order valence-corrected chi connectivity index (χ1v) is 25.7. The molecule has 17 heteroatoms. The molecule has 0 radical (unpaired) electrons. The molecule has 10 rings (SSSR count). The van der Waals surface area contributed by atoms with Crippen LogP contribution < -0.4 is 18.9 Å². The number of aromatic nitrogens is 2. The zero-order valence-electron chi connectivity index (χ0n) is 44.5. The molecule has 0 bridgehead atoms. The highest BCUT2D eigenvalue weighted by molar-refractivity contribution is 5.97. The summed E-state index contributed by atoms with van der Waals surface area (Å²) in [6.07, 6.45) is 9.31. The molecule has 0 aliphatic carbocycles. The molecule has 2 fully saturated rings. The molecule has 404 valence electrons. The first-order valence-electron chi connectivity index (χ1n) is 25.7. The first-order chi connectivity index (χ1) is 37.5. The largest absolute Gasteiger partial charge is 0.496 e. The number of nitrogens with zero attached hydrogens (tertiary/aromatic N) is 5. The van der Waals surface area contributed by atoms with Gasteiger partial charge in [0.15, 0.2) is 11.2 Å². The van der Waals surface area contributed by atoms with Crippen molar-refractivity contribution >= 4 is 46.5 Å². The Morgan fingerprint density at radius 1 is 0.603 bits per heavy atom. The lowest BCUT2D eigenvalue weighted by atomic mass is 10.0. The molecule has 4 aromatic heterocycles. The highest BCUT2D eigenvalue weighted by atomic mass is 35.5. The van der Waals surface area contributed by atoms with Crippen LogP contribution >= 0.6 is 12.4 Å². The van der Waals surface area contributed by atoms with Gasteiger partial charge in [-0.25, -0.2) is 4.79 Å². The van der Waals surface area contributed by atoms with Gasteiger partial charge in [0.1, 0.15) is 69.9 Å². The van der Waals surface area contributed by atoms with E-state index in [1.165, 1.54) is 32.1 Å². The Hall–Kier alpha value is -8.41. The van der Waals surface area contributed by atoms with Crippen molar-refractivity contribution in [3.63, 3.8) is 0 Å². The number of carboxylic acid groups (broad SMARTS) is 1. The molecule has 0 unspecified atom stereocenters. The minimum atomic E-state index is -1.04. The summed E-state index contributed by atoms with van der Waals surface area (Å²) in [5.74, 6) is 1.98. The molecule has 78 heavy (non-hydrogen) atoms. The van der Waals surface area contributed by atoms with Crippen LogP contribution in [0, 0.1) is 22.7 Å². The molecule has 6 heterocycles. The third-order valence-corrected chi connectivity index (χ3v) is 13.3. The third kappa shape index (κ3) is 13.2. The van der Waals surface area contributed by atoms with E-state index in [1.54, 1.807) is 61.8 Å². The summed E-state index contributed by atoms with van der Waals surface area (Å²) in [5, 5.41) is 28.9. The number of pyridine rings is 2. The SMILES string of the molecule is CCCC.CCN(C)C(=O)c1ccc(-c2cc3nccc(-c4ccc(OC5CCOCC5)c(C#N)c4)c3o2)c(OC)c1.COc1cc(C(=O)O)ccc1-c1cc2nccc(-c3ccc(OC4CCOCC4)c(C#N)c3)c2o1.Cl. The number of halogens is 1. The summed E-state index contributed by atoms with van der Waals surface area (Å²) in [7, 11) is 4.80. The number of benzene rings is 4. The average molecular weight is 1080 g/mol. The third-order valence-electron chi connectivity index (χ3n) is 13.3. The molecule has 2 saturated heterocycles. The van der Waals surface area contributed by atoms with Crippen molar-refractivity contribution in [1.82, 2.24) is 14.9 Å². The van der Waals surface area contributed by atoms with Gasteiger partial charge < -0.3 is 47.3 Å². The molecule has 16 nitrogen and oxygen atoms in total. The number of ether oxygens (including phenoxy) is 6. The molecule has 0 atom stereocenters. The molecule has 0 saturated carbocycles. The Balaban J connectivity index is 0.000000210. The zero-order valence-corrected chi connectivity index (χ0v) is 45.3. The topological polar surface area (TPSA) is 213 Å². The summed E-state index contributed by atoms with van der Waals surface area (Å²) >= 11 is 0. The van der Waals surface area contributed by atoms with Gasteiger partial charge in [-0.05, 0) is 90.8 Å². The lowest BCUT2D eigenvalue weighted by molar-refractivity contribution is 0.0252. The number of nitriles is 2. The van der Waals surface area contributed by atoms with E-state index in [0.717, 1.165) is 47.9 Å². The van der Waals surface area contributed by atoms with Crippen LogP contribution in [0.15, 0.2) is 118 Å². The number of carboxylic acids is 1. The molecule has 1 N–H and O–H groups in total. The number of aromatic carboxylic acids is 1. The Morgan fingerprint density at radius 3 is 1.44 bits per heavy atom. The standard InChI is InChI=1S/C30H29N3O5.C27H22N2O6.C4H10.ClH/c1-4-33(2)30(34)20-5-7-24(27(16-20)35-3)28-17-25-29(38-28)23(9-12-32-25)19-6-8-26(21(15-19)18-31)37-22-10-13-36-14-11-22;1-32-24-13-17(27(30)31)2-4-21(24)25-14-22-26(35-25)20(6-9-29-22)16-3-5-23(18(12-16)15-28)34-19-7-10-33-11-8-19;1-3-4-2;/h5-9,12,15-17,22H,4,10-11,13-14H2,1-3H3;2-6,9,12-14,19H,7-8,10-11H2,1H3,(H,30,31);3-4H2,1-2H3;1H. The maximum absolute atomic E-state index is 12.6. The number of hydrogen-bond donors (Lipinski definition) is 1. The highest BCUT2D eigenvalue weighted by Gasteiger charge is 2.23. The molecule has 8 aromatic rings. The van der Waals surface area contributed by atoms with Crippen molar-refractivity contribution in [2.24, 2.45) is 0 Å². The summed E-state index contributed by atoms with van der Waals surface area (Å²) in [6.45, 7) is 9.54. The van der Waals surface area contributed by atoms with Crippen LogP contribution in [-0.4, -0.2) is 98.3 Å². The average Bonchev–Trinajstić information content (AvgIpc) is 4.18. The minimum absolute atomic E-state index is 0. The molecular formula is C61H62ClN5O11. The molecule has 2 aliphatic rings. The second-order valence-electron chi connectivity index (χ2n) is 18.3. The summed E-state index contributed by atoms with van der Waals surface area (Å²) < 4.78 is 46.5. The smallest absolute Gasteiger partial charge is 0.335 e. The molecule has 1 amide bonds. The van der Waals surface area contributed by atoms with E-state index in [9.17, 15) is 25.2 Å². The quantitative estimate of drug-likeness (QED) is 0.107. The van der Waals surface area contributed by atoms with Crippen molar-refractivity contribution in [3.8, 4) is 80.0 Å². The van der Waals surface area contributed by atoms with Crippen LogP contribution in [0.2, 0.25) is 0 Å². The predicted molar refractivity (Wildman–Crippen MR) is 299 cm³/mol. The van der Waals surface area contributed by atoms with Gasteiger partial charge in [0.2, 0.25) is 0 Å². The van der Waals surface area contributed by atoms with E-state index >= 15 is 0 Å². The van der Waals surface area contributed by atoms with E-state index in [1.807, 2.05) is 61.5 Å². The van der Waals surface area contributed by atoms with Crippen LogP contribution in [0.4, 0.5) is 0 Å². The van der Waals surface area contributed by atoms with Crippen LogP contribution in [-0.2, 0) is 9.47 Å². The van der Waals surface area contributed by atoms with E-state index in [0.29, 0.717) is 118 Å². The monoisotopic (exact) mass is 1080 g/mol. The number of carbonyl (C=O) groups excluding carboxylic acids is 1. The number of hydrogen-bond acceptors (Lipinski definition) is 14. The fourth-order valence-corrected chi connectivity index (χ4v) is 8.74. The minimum Gasteiger partial charge on any atom is -0.496 e. The Morgan fingerprint density at radius 2 is 1.04 bits per heavy atom. The Kier molecular flexibility index (Phi) is 19.9. The van der Waals surface area contributed by atoms with E-state index in [-0.39, 0.29) is 36.1 Å². The summed E-state index contributed by atoms with van der Waals surface area (Å²) in [5.41, 5.74) is 8.53. The van der Waals surface area contributed by atoms with E-state index < -0.39 is 5.97 Å². The van der Waals surface area contributed by atoms with Gasteiger partial charge in [-0.2, -0.15) is 10.5 Å². The fraction of sp³-hybridized carbons (Fsp3) is 0.311. The van der Waals surface area contributed by atoms with Crippen molar-refractivity contribution in [2.75, 3.05) is 54.2 Å². The van der Waals surface area contributed by atoms with Crippen LogP contribution in [0.1, 0.15) is 91.1 Å². The van der Waals surface area contributed by atoms with Crippen molar-refractivity contribution in [1.29, 1.82) is 10.5 Å². The molecule has 4 aromatic carbocycles. The van der Waals surface area contributed by atoms with Gasteiger partial charge in [0, 0.05) is 80.5 Å². The zero-order chi connectivity index (χ0) is 54.4. The van der Waals surface area contributed by atoms with Gasteiger partial charge in [-0.15, -0.1) is 12.4 Å². The Labute approximate surface area is 459 Å². The van der Waals surface area contributed by atoms with Crippen LogP contribution in [0.3, 0.4) is 0 Å². The van der Waals surface area contributed by atoms with Crippen molar-refractivity contribution in [2.45, 2.75) is 71.5 Å². The van der Waals surface area contributed by atoms with Gasteiger partial charge in [-0.3, -0.25) is 14.8 Å². The maximum atomic E-state index is 12.6. The normalized spacial score (nSPS) is 13.3. The van der Waals surface area contributed by atoms with Crippen molar-refractivity contribution < 1.29 is 52.0 Å². The van der Waals surface area contributed by atoms with Crippen LogP contribution in [0.5, 0.6) is 23.0 Å². The van der Waals surface area contributed by atoms with Gasteiger partial charge >= 0.3 is 5.97 Å². The first kappa shape index (κ1) is 57.3. The predicted octanol–water partition coefficient (Wildman–Crippen LogP) is 13.2. The number of rotatable bonds is 14. The second kappa shape index (κ2) is 27.1. The summed E-state index contributed by atoms with van der Waals surface area (Å²) in [4.78, 5) is 34.5. The maximum Gasteiger partial charge on any atom is 0.335 e.